The van der Waals surface area contributed by atoms with E-state index in [2.05, 4.69) is 10.6 Å². The van der Waals surface area contributed by atoms with Gasteiger partial charge in [-0.25, -0.2) is 8.42 Å². The Bertz CT molecular complexity index is 1110. The summed E-state index contributed by atoms with van der Waals surface area (Å²) < 4.78 is 28.4. The lowest BCUT2D eigenvalue weighted by Crippen LogP contribution is -2.46. The second-order valence-corrected chi connectivity index (χ2v) is 10.5. The van der Waals surface area contributed by atoms with E-state index in [-0.39, 0.29) is 19.1 Å². The molecule has 2 aromatic carbocycles. The molecule has 1 fully saturated rings. The number of benzene rings is 2. The van der Waals surface area contributed by atoms with Gasteiger partial charge >= 0.3 is 11.8 Å². The fraction of sp³-hybridized carbons (Fsp3) is 0.440. The molecule has 0 saturated carbocycles. The average molecular weight is 472 g/mol. The molecule has 2 aromatic rings. The van der Waals surface area contributed by atoms with Gasteiger partial charge in [0.05, 0.1) is 4.90 Å². The van der Waals surface area contributed by atoms with E-state index in [4.69, 9.17) is 0 Å². The monoisotopic (exact) mass is 471 g/mol. The summed E-state index contributed by atoms with van der Waals surface area (Å²) in [7, 11) is -3.63. The molecule has 0 radical (unpaired) electrons. The van der Waals surface area contributed by atoms with Crippen molar-refractivity contribution in [2.24, 2.45) is 0 Å². The van der Waals surface area contributed by atoms with E-state index in [0.29, 0.717) is 17.9 Å². The highest BCUT2D eigenvalue weighted by Crippen LogP contribution is 2.29. The maximum absolute atomic E-state index is 13.4. The first-order valence-electron chi connectivity index (χ1n) is 11.4. The molecule has 3 rings (SSSR count). The highest BCUT2D eigenvalue weighted by molar-refractivity contribution is 7.89. The van der Waals surface area contributed by atoms with Crippen molar-refractivity contribution in [3.63, 3.8) is 0 Å². The lowest BCUT2D eigenvalue weighted by molar-refractivity contribution is -0.139. The van der Waals surface area contributed by atoms with Gasteiger partial charge in [0.1, 0.15) is 0 Å². The van der Waals surface area contributed by atoms with Gasteiger partial charge in [-0.2, -0.15) is 4.31 Å². The van der Waals surface area contributed by atoms with Crippen molar-refractivity contribution in [3.8, 4) is 0 Å². The van der Waals surface area contributed by atoms with E-state index in [1.165, 1.54) is 0 Å². The van der Waals surface area contributed by atoms with E-state index < -0.39 is 21.8 Å². The Morgan fingerprint density at radius 3 is 2.45 bits per heavy atom. The lowest BCUT2D eigenvalue weighted by atomic mass is 10.0. The number of sulfonamides is 1. The summed E-state index contributed by atoms with van der Waals surface area (Å²) in [5.74, 6) is -1.40. The third kappa shape index (κ3) is 6.21. The Morgan fingerprint density at radius 1 is 0.970 bits per heavy atom. The van der Waals surface area contributed by atoms with E-state index in [0.717, 1.165) is 41.5 Å². The first kappa shape index (κ1) is 24.9. The molecule has 1 aliphatic heterocycles. The third-order valence-corrected chi connectivity index (χ3v) is 8.27. The van der Waals surface area contributed by atoms with Crippen molar-refractivity contribution >= 4 is 21.8 Å². The number of nitrogens with one attached hydrogen (secondary N) is 2. The zero-order chi connectivity index (χ0) is 24.0. The zero-order valence-electron chi connectivity index (χ0n) is 19.6. The third-order valence-electron chi connectivity index (χ3n) is 6.17. The number of amides is 2. The molecular weight excluding hydrogens is 438 g/mol. The van der Waals surface area contributed by atoms with Crippen molar-refractivity contribution in [2.45, 2.75) is 63.9 Å². The topological polar surface area (TPSA) is 95.6 Å². The molecule has 1 atom stereocenters. The summed E-state index contributed by atoms with van der Waals surface area (Å²) in [6.45, 7) is 6.62. The molecule has 0 bridgehead atoms. The lowest BCUT2D eigenvalue weighted by Gasteiger charge is -2.35. The van der Waals surface area contributed by atoms with Crippen LogP contribution in [0.4, 0.5) is 0 Å². The largest absolute Gasteiger partial charge is 0.348 e. The van der Waals surface area contributed by atoms with Crippen LogP contribution in [0.25, 0.3) is 0 Å². The van der Waals surface area contributed by atoms with Crippen LogP contribution in [0.5, 0.6) is 0 Å². The van der Waals surface area contributed by atoms with Crippen LogP contribution >= 0.6 is 0 Å². The van der Waals surface area contributed by atoms with Crippen LogP contribution in [0.3, 0.4) is 0 Å². The van der Waals surface area contributed by atoms with Crippen LogP contribution in [0.1, 0.15) is 47.9 Å². The van der Waals surface area contributed by atoms with Crippen LogP contribution in [0.2, 0.25) is 0 Å². The van der Waals surface area contributed by atoms with Gasteiger partial charge in [0, 0.05) is 25.7 Å². The first-order valence-corrected chi connectivity index (χ1v) is 12.8. The van der Waals surface area contributed by atoms with Gasteiger partial charge in [0.25, 0.3) is 0 Å². The van der Waals surface area contributed by atoms with Crippen LogP contribution < -0.4 is 10.6 Å². The molecule has 0 aliphatic carbocycles. The van der Waals surface area contributed by atoms with E-state index in [1.54, 1.807) is 17.3 Å². The normalized spacial score (nSPS) is 16.9. The highest BCUT2D eigenvalue weighted by atomic mass is 32.2. The number of aryl methyl sites for hydroxylation is 3. The number of rotatable bonds is 7. The fourth-order valence-corrected chi connectivity index (χ4v) is 6.22. The summed E-state index contributed by atoms with van der Waals surface area (Å²) in [6.07, 6.45) is 2.95. The second kappa shape index (κ2) is 10.9. The molecule has 1 saturated heterocycles. The summed E-state index contributed by atoms with van der Waals surface area (Å²) in [4.78, 5) is 24.7. The molecule has 0 spiro atoms. The average Bonchev–Trinajstić information content (AvgIpc) is 2.80. The minimum Gasteiger partial charge on any atom is -0.348 e. The van der Waals surface area contributed by atoms with Gasteiger partial charge in [-0.05, 0) is 68.4 Å². The Balaban J connectivity index is 1.57. The van der Waals surface area contributed by atoms with Crippen LogP contribution in [-0.2, 0) is 26.2 Å². The number of nitrogens with zero attached hydrogens (tertiary/aromatic N) is 1. The van der Waals surface area contributed by atoms with Gasteiger partial charge in [0.2, 0.25) is 10.0 Å². The summed E-state index contributed by atoms with van der Waals surface area (Å²) in [5.41, 5.74) is 3.62. The van der Waals surface area contributed by atoms with Gasteiger partial charge in [0.15, 0.2) is 0 Å². The molecule has 0 unspecified atom stereocenters. The molecule has 8 heteroatoms. The van der Waals surface area contributed by atoms with Crippen molar-refractivity contribution in [2.75, 3.05) is 13.1 Å². The summed E-state index contributed by atoms with van der Waals surface area (Å²) >= 11 is 0. The van der Waals surface area contributed by atoms with Crippen LogP contribution in [-0.4, -0.2) is 43.7 Å². The quantitative estimate of drug-likeness (QED) is 0.607. The Labute approximate surface area is 196 Å². The number of carbonyl (C=O) groups excluding carboxylic acids is 2. The molecule has 1 aliphatic rings. The van der Waals surface area contributed by atoms with E-state index in [9.17, 15) is 18.0 Å². The molecule has 0 aromatic heterocycles. The van der Waals surface area contributed by atoms with Crippen LogP contribution in [0, 0.1) is 20.8 Å². The summed E-state index contributed by atoms with van der Waals surface area (Å²) in [6, 6.07) is 12.9. The van der Waals surface area contributed by atoms with Gasteiger partial charge in [-0.15, -0.1) is 0 Å². The minimum atomic E-state index is -3.63. The maximum Gasteiger partial charge on any atom is 0.309 e. The second-order valence-electron chi connectivity index (χ2n) is 8.69. The van der Waals surface area contributed by atoms with Crippen molar-refractivity contribution in [1.29, 1.82) is 0 Å². The highest BCUT2D eigenvalue weighted by Gasteiger charge is 2.34. The predicted octanol–water partition coefficient (Wildman–Crippen LogP) is 2.98. The first-order chi connectivity index (χ1) is 15.7. The standard InChI is InChI=1S/C25H33N3O4S/c1-18-11-12-20(3)23(16-18)33(31,32)28-15-7-6-10-22(28)13-14-26-24(29)25(30)27-17-21-9-5-4-8-19(21)2/h4-5,8-9,11-12,16,22H,6-7,10,13-15,17H2,1-3H3,(H,26,29)(H,27,30)/t22-/m0/s1. The zero-order valence-corrected chi connectivity index (χ0v) is 20.4. The van der Waals surface area contributed by atoms with Crippen molar-refractivity contribution < 1.29 is 18.0 Å². The molecule has 7 nitrogen and oxygen atoms in total. The molecule has 2 amide bonds. The number of hydrogen-bond acceptors (Lipinski definition) is 4. The molecule has 2 N–H and O–H groups in total. The predicted molar refractivity (Wildman–Crippen MR) is 128 cm³/mol. The smallest absolute Gasteiger partial charge is 0.309 e. The molecule has 1 heterocycles. The Hall–Kier alpha value is -2.71. The Kier molecular flexibility index (Phi) is 8.26. The number of carbonyl (C=O) groups is 2. The van der Waals surface area contributed by atoms with E-state index in [1.807, 2.05) is 50.2 Å². The van der Waals surface area contributed by atoms with Crippen molar-refractivity contribution in [3.05, 3.63) is 64.7 Å². The molecular formula is C25H33N3O4S. The van der Waals surface area contributed by atoms with Gasteiger partial charge in [-0.1, -0.05) is 42.8 Å². The number of hydrogen-bond donors (Lipinski definition) is 2. The minimum absolute atomic E-state index is 0.209. The Morgan fingerprint density at radius 2 is 1.70 bits per heavy atom. The van der Waals surface area contributed by atoms with Crippen LogP contribution in [0.15, 0.2) is 47.4 Å². The van der Waals surface area contributed by atoms with Crippen molar-refractivity contribution in [1.82, 2.24) is 14.9 Å². The fourth-order valence-electron chi connectivity index (χ4n) is 4.19. The van der Waals surface area contributed by atoms with Gasteiger partial charge in [-0.3, -0.25) is 9.59 Å². The van der Waals surface area contributed by atoms with E-state index >= 15 is 0 Å². The summed E-state index contributed by atoms with van der Waals surface area (Å²) in [5, 5.41) is 5.28. The molecule has 178 valence electrons. The number of piperidine rings is 1. The SMILES string of the molecule is Cc1ccc(C)c(S(=O)(=O)N2CCCC[C@H]2CCNC(=O)C(=O)NCc2ccccc2C)c1. The van der Waals surface area contributed by atoms with Gasteiger partial charge < -0.3 is 10.6 Å². The maximum atomic E-state index is 13.4. The molecule has 33 heavy (non-hydrogen) atoms.